The lowest BCUT2D eigenvalue weighted by Gasteiger charge is -2.14. The van der Waals surface area contributed by atoms with E-state index in [1.54, 1.807) is 11.3 Å². The SMILES string of the molecule is CC(C)Sc1ccc(CC(=O)NCC2(c3cccs3)CC2)cc1. The quantitative estimate of drug-likeness (QED) is 0.741. The second-order valence-corrected chi connectivity index (χ2v) is 9.12. The fourth-order valence-corrected chi connectivity index (χ4v) is 4.54. The van der Waals surface area contributed by atoms with Crippen molar-refractivity contribution in [3.8, 4) is 0 Å². The van der Waals surface area contributed by atoms with E-state index in [1.165, 1.54) is 22.6 Å². The van der Waals surface area contributed by atoms with Crippen LogP contribution in [0, 0.1) is 0 Å². The third kappa shape index (κ3) is 4.39. The summed E-state index contributed by atoms with van der Waals surface area (Å²) in [5, 5.41) is 5.83. The number of rotatable bonds is 7. The number of benzene rings is 1. The Hall–Kier alpha value is -1.26. The van der Waals surface area contributed by atoms with Gasteiger partial charge in [-0.3, -0.25) is 4.79 Å². The second-order valence-electron chi connectivity index (χ2n) is 6.52. The molecule has 0 radical (unpaired) electrons. The van der Waals surface area contributed by atoms with Gasteiger partial charge in [-0.1, -0.05) is 32.0 Å². The molecule has 3 rings (SSSR count). The highest BCUT2D eigenvalue weighted by Gasteiger charge is 2.45. The number of hydrogen-bond acceptors (Lipinski definition) is 3. The van der Waals surface area contributed by atoms with Crippen LogP contribution < -0.4 is 5.32 Å². The topological polar surface area (TPSA) is 29.1 Å². The lowest BCUT2D eigenvalue weighted by molar-refractivity contribution is -0.120. The summed E-state index contributed by atoms with van der Waals surface area (Å²) in [6.07, 6.45) is 2.84. The normalized spacial score (nSPS) is 15.6. The van der Waals surface area contributed by atoms with Gasteiger partial charge in [0.25, 0.3) is 0 Å². The highest BCUT2D eigenvalue weighted by atomic mass is 32.2. The Morgan fingerprint density at radius 3 is 2.57 bits per heavy atom. The average molecular weight is 346 g/mol. The predicted octanol–water partition coefficient (Wildman–Crippen LogP) is 4.64. The summed E-state index contributed by atoms with van der Waals surface area (Å²) in [6.45, 7) is 5.15. The summed E-state index contributed by atoms with van der Waals surface area (Å²) in [4.78, 5) is 14.9. The van der Waals surface area contributed by atoms with Gasteiger partial charge >= 0.3 is 0 Å². The van der Waals surface area contributed by atoms with Crippen molar-refractivity contribution in [3.63, 3.8) is 0 Å². The van der Waals surface area contributed by atoms with E-state index in [-0.39, 0.29) is 11.3 Å². The fourth-order valence-electron chi connectivity index (χ4n) is 2.72. The molecule has 2 aromatic rings. The van der Waals surface area contributed by atoms with E-state index in [2.05, 4.69) is 60.9 Å². The zero-order valence-electron chi connectivity index (χ0n) is 13.7. The van der Waals surface area contributed by atoms with Crippen LogP contribution in [0.2, 0.25) is 0 Å². The number of amides is 1. The van der Waals surface area contributed by atoms with Crippen LogP contribution in [-0.4, -0.2) is 17.7 Å². The van der Waals surface area contributed by atoms with Gasteiger partial charge in [0, 0.05) is 27.0 Å². The molecule has 2 nitrogen and oxygen atoms in total. The summed E-state index contributed by atoms with van der Waals surface area (Å²) in [5.74, 6) is 0.122. The van der Waals surface area contributed by atoms with Crippen molar-refractivity contribution < 1.29 is 4.79 Å². The monoisotopic (exact) mass is 345 g/mol. The van der Waals surface area contributed by atoms with Gasteiger partial charge in [0.05, 0.1) is 6.42 Å². The smallest absolute Gasteiger partial charge is 0.224 e. The highest BCUT2D eigenvalue weighted by Crippen LogP contribution is 2.49. The zero-order valence-corrected chi connectivity index (χ0v) is 15.3. The minimum Gasteiger partial charge on any atom is -0.355 e. The van der Waals surface area contributed by atoms with Gasteiger partial charge in [-0.2, -0.15) is 0 Å². The summed E-state index contributed by atoms with van der Waals surface area (Å²) in [6, 6.07) is 12.6. The van der Waals surface area contributed by atoms with E-state index < -0.39 is 0 Å². The standard InChI is InChI=1S/C19H23NOS2/c1-14(2)23-16-7-5-15(6-8-16)12-18(21)20-13-19(9-10-19)17-4-3-11-22-17/h3-8,11,14H,9-10,12-13H2,1-2H3,(H,20,21). The number of hydrogen-bond donors (Lipinski definition) is 1. The second kappa shape index (κ2) is 7.10. The van der Waals surface area contributed by atoms with E-state index in [0.717, 1.165) is 12.1 Å². The minimum atomic E-state index is 0.122. The van der Waals surface area contributed by atoms with Crippen molar-refractivity contribution in [2.75, 3.05) is 6.54 Å². The Kier molecular flexibility index (Phi) is 5.12. The Balaban J connectivity index is 1.50. The molecule has 1 heterocycles. The number of thiophene rings is 1. The van der Waals surface area contributed by atoms with E-state index in [0.29, 0.717) is 11.7 Å². The molecule has 0 aliphatic heterocycles. The Morgan fingerprint density at radius 2 is 2.00 bits per heavy atom. The fraction of sp³-hybridized carbons (Fsp3) is 0.421. The van der Waals surface area contributed by atoms with Crippen LogP contribution >= 0.6 is 23.1 Å². The third-order valence-electron chi connectivity index (χ3n) is 4.18. The molecule has 1 saturated carbocycles. The molecule has 1 aliphatic carbocycles. The van der Waals surface area contributed by atoms with Gasteiger partial charge < -0.3 is 5.32 Å². The van der Waals surface area contributed by atoms with Gasteiger partial charge in [0.2, 0.25) is 5.91 Å². The molecule has 0 saturated heterocycles. The first-order valence-corrected chi connectivity index (χ1v) is 9.90. The minimum absolute atomic E-state index is 0.122. The average Bonchev–Trinajstić information content (AvgIpc) is 3.10. The van der Waals surface area contributed by atoms with Crippen LogP contribution in [0.5, 0.6) is 0 Å². The summed E-state index contributed by atoms with van der Waals surface area (Å²) < 4.78 is 0. The lowest BCUT2D eigenvalue weighted by atomic mass is 10.1. The van der Waals surface area contributed by atoms with Crippen molar-refractivity contribution in [2.24, 2.45) is 0 Å². The van der Waals surface area contributed by atoms with Crippen LogP contribution in [0.1, 0.15) is 37.1 Å². The molecule has 1 aromatic heterocycles. The first-order valence-electron chi connectivity index (χ1n) is 8.14. The molecular formula is C19H23NOS2. The zero-order chi connectivity index (χ0) is 16.3. The van der Waals surface area contributed by atoms with Crippen molar-refractivity contribution in [1.82, 2.24) is 5.32 Å². The van der Waals surface area contributed by atoms with Gasteiger partial charge in [0.15, 0.2) is 0 Å². The van der Waals surface area contributed by atoms with Crippen molar-refractivity contribution in [2.45, 2.75) is 48.7 Å². The van der Waals surface area contributed by atoms with Crippen LogP contribution in [0.15, 0.2) is 46.7 Å². The van der Waals surface area contributed by atoms with E-state index in [9.17, 15) is 4.79 Å². The summed E-state index contributed by atoms with van der Waals surface area (Å²) >= 11 is 3.65. The number of carbonyl (C=O) groups excluding carboxylic acids is 1. The van der Waals surface area contributed by atoms with E-state index in [4.69, 9.17) is 0 Å². The molecule has 0 bridgehead atoms. The highest BCUT2D eigenvalue weighted by molar-refractivity contribution is 7.99. The molecule has 1 amide bonds. The van der Waals surface area contributed by atoms with Crippen LogP contribution in [0.3, 0.4) is 0 Å². The maximum absolute atomic E-state index is 12.2. The molecule has 1 aromatic carbocycles. The van der Waals surface area contributed by atoms with E-state index >= 15 is 0 Å². The lowest BCUT2D eigenvalue weighted by Crippen LogP contribution is -2.32. The molecule has 1 aliphatic rings. The van der Waals surface area contributed by atoms with Gasteiger partial charge in [-0.05, 0) is 42.0 Å². The molecular weight excluding hydrogens is 322 g/mol. The molecule has 1 N–H and O–H groups in total. The van der Waals surface area contributed by atoms with Crippen molar-refractivity contribution in [3.05, 3.63) is 52.2 Å². The van der Waals surface area contributed by atoms with E-state index in [1.807, 2.05) is 11.8 Å². The largest absolute Gasteiger partial charge is 0.355 e. The van der Waals surface area contributed by atoms with Gasteiger partial charge in [-0.15, -0.1) is 23.1 Å². The summed E-state index contributed by atoms with van der Waals surface area (Å²) in [5.41, 5.74) is 1.30. The third-order valence-corrected chi connectivity index (χ3v) is 6.31. The Morgan fingerprint density at radius 1 is 1.26 bits per heavy atom. The first-order chi connectivity index (χ1) is 11.1. The number of nitrogens with one attached hydrogen (secondary N) is 1. The number of carbonyl (C=O) groups is 1. The van der Waals surface area contributed by atoms with Crippen LogP contribution in [-0.2, 0) is 16.6 Å². The summed E-state index contributed by atoms with van der Waals surface area (Å²) in [7, 11) is 0. The Labute approximate surface area is 146 Å². The molecule has 0 atom stereocenters. The van der Waals surface area contributed by atoms with Gasteiger partial charge in [-0.25, -0.2) is 0 Å². The maximum atomic E-state index is 12.2. The van der Waals surface area contributed by atoms with Crippen LogP contribution in [0.25, 0.3) is 0 Å². The molecule has 23 heavy (non-hydrogen) atoms. The van der Waals surface area contributed by atoms with Crippen molar-refractivity contribution >= 4 is 29.0 Å². The molecule has 4 heteroatoms. The molecule has 0 unspecified atom stereocenters. The van der Waals surface area contributed by atoms with Crippen LogP contribution in [0.4, 0.5) is 0 Å². The maximum Gasteiger partial charge on any atom is 0.224 e. The number of thioether (sulfide) groups is 1. The van der Waals surface area contributed by atoms with Gasteiger partial charge in [0.1, 0.15) is 0 Å². The first kappa shape index (κ1) is 16.6. The molecule has 1 fully saturated rings. The van der Waals surface area contributed by atoms with Crippen molar-refractivity contribution in [1.29, 1.82) is 0 Å². The molecule has 0 spiro atoms. The molecule has 122 valence electrons. The predicted molar refractivity (Wildman–Crippen MR) is 99.4 cm³/mol. The Bertz CT molecular complexity index is 643.